The van der Waals surface area contributed by atoms with Gasteiger partial charge in [-0.3, -0.25) is 19.6 Å². The maximum atomic E-state index is 12.0. The molecule has 1 aromatic carbocycles. The summed E-state index contributed by atoms with van der Waals surface area (Å²) < 4.78 is 6.67. The lowest BCUT2D eigenvalue weighted by atomic mass is 10.1. The highest BCUT2D eigenvalue weighted by Crippen LogP contribution is 2.15. The molecule has 2 aromatic heterocycles. The highest BCUT2D eigenvalue weighted by atomic mass is 16.6. The number of amides is 1. The monoisotopic (exact) mass is 326 g/mol. The number of furan rings is 1. The summed E-state index contributed by atoms with van der Waals surface area (Å²) in [6.45, 7) is 0.930. The molecule has 0 aliphatic carbocycles. The second kappa shape index (κ2) is 6.78. The molecule has 0 aliphatic heterocycles. The number of carbonyl (C=O) groups excluding carboxylic acids is 1. The van der Waals surface area contributed by atoms with Crippen molar-refractivity contribution < 1.29 is 14.1 Å². The Labute approximate surface area is 136 Å². The number of rotatable bonds is 6. The lowest BCUT2D eigenvalue weighted by molar-refractivity contribution is -0.402. The van der Waals surface area contributed by atoms with Gasteiger partial charge in [0.1, 0.15) is 4.92 Å². The molecule has 0 fully saturated rings. The SMILES string of the molecule is O=C(NCc1cccc(Cn2cccn2)c1)c1ccc([N+](=O)[O-])o1. The molecule has 0 spiro atoms. The van der Waals surface area contributed by atoms with E-state index in [4.69, 9.17) is 4.42 Å². The number of nitrogens with zero attached hydrogens (tertiary/aromatic N) is 3. The molecule has 0 saturated heterocycles. The smallest absolute Gasteiger partial charge is 0.395 e. The van der Waals surface area contributed by atoms with Crippen LogP contribution in [0.3, 0.4) is 0 Å². The highest BCUT2D eigenvalue weighted by Gasteiger charge is 2.16. The third-order valence-electron chi connectivity index (χ3n) is 3.34. The van der Waals surface area contributed by atoms with Gasteiger partial charge in [0, 0.05) is 18.9 Å². The molecule has 8 heteroatoms. The van der Waals surface area contributed by atoms with Crippen LogP contribution in [-0.2, 0) is 13.1 Å². The van der Waals surface area contributed by atoms with Crippen LogP contribution in [-0.4, -0.2) is 20.6 Å². The topological polar surface area (TPSA) is 103 Å². The molecule has 0 unspecified atom stereocenters. The molecule has 8 nitrogen and oxygen atoms in total. The van der Waals surface area contributed by atoms with Gasteiger partial charge in [-0.25, -0.2) is 0 Å². The van der Waals surface area contributed by atoms with Gasteiger partial charge in [0.2, 0.25) is 0 Å². The average molecular weight is 326 g/mol. The van der Waals surface area contributed by atoms with Crippen molar-refractivity contribution in [1.82, 2.24) is 15.1 Å². The molecule has 3 aromatic rings. The normalized spacial score (nSPS) is 10.5. The number of nitro groups is 1. The van der Waals surface area contributed by atoms with Crippen LogP contribution >= 0.6 is 0 Å². The van der Waals surface area contributed by atoms with Crippen LogP contribution < -0.4 is 5.32 Å². The first-order valence-electron chi connectivity index (χ1n) is 7.19. The van der Waals surface area contributed by atoms with Crippen molar-refractivity contribution in [2.45, 2.75) is 13.1 Å². The molecule has 0 saturated carbocycles. The van der Waals surface area contributed by atoms with E-state index in [0.717, 1.165) is 17.2 Å². The van der Waals surface area contributed by atoms with Gasteiger partial charge in [0.05, 0.1) is 12.6 Å². The van der Waals surface area contributed by atoms with Gasteiger partial charge in [-0.15, -0.1) is 0 Å². The summed E-state index contributed by atoms with van der Waals surface area (Å²) in [6.07, 6.45) is 3.59. The Kier molecular flexibility index (Phi) is 4.37. The van der Waals surface area contributed by atoms with E-state index >= 15 is 0 Å². The van der Waals surface area contributed by atoms with Gasteiger partial charge < -0.3 is 9.73 Å². The van der Waals surface area contributed by atoms with Crippen molar-refractivity contribution in [1.29, 1.82) is 0 Å². The molecule has 2 heterocycles. The summed E-state index contributed by atoms with van der Waals surface area (Å²) >= 11 is 0. The summed E-state index contributed by atoms with van der Waals surface area (Å²) in [7, 11) is 0. The van der Waals surface area contributed by atoms with Crippen LogP contribution in [0.2, 0.25) is 0 Å². The van der Waals surface area contributed by atoms with Crippen LogP contribution in [0.1, 0.15) is 21.7 Å². The van der Waals surface area contributed by atoms with E-state index in [1.807, 2.05) is 36.5 Å². The first-order valence-corrected chi connectivity index (χ1v) is 7.19. The van der Waals surface area contributed by atoms with Gasteiger partial charge in [0.25, 0.3) is 5.91 Å². The van der Waals surface area contributed by atoms with Crippen LogP contribution in [0, 0.1) is 10.1 Å². The molecule has 0 radical (unpaired) electrons. The molecule has 0 atom stereocenters. The molecule has 0 bridgehead atoms. The van der Waals surface area contributed by atoms with Crippen LogP contribution in [0.25, 0.3) is 0 Å². The maximum absolute atomic E-state index is 12.0. The minimum absolute atomic E-state index is 0.0885. The van der Waals surface area contributed by atoms with Crippen molar-refractivity contribution in [3.63, 3.8) is 0 Å². The Hall–Kier alpha value is -3.42. The van der Waals surface area contributed by atoms with Gasteiger partial charge in [-0.2, -0.15) is 5.10 Å². The fourth-order valence-electron chi connectivity index (χ4n) is 2.24. The molecule has 1 N–H and O–H groups in total. The van der Waals surface area contributed by atoms with Crippen molar-refractivity contribution >= 4 is 11.8 Å². The zero-order valence-electron chi connectivity index (χ0n) is 12.6. The summed E-state index contributed by atoms with van der Waals surface area (Å²) in [5.41, 5.74) is 1.97. The third kappa shape index (κ3) is 3.67. The number of hydrogen-bond acceptors (Lipinski definition) is 5. The number of hydrogen-bond donors (Lipinski definition) is 1. The molecule has 1 amide bonds. The number of aromatic nitrogens is 2. The fourth-order valence-corrected chi connectivity index (χ4v) is 2.24. The van der Waals surface area contributed by atoms with E-state index in [1.54, 1.807) is 10.9 Å². The van der Waals surface area contributed by atoms with E-state index in [2.05, 4.69) is 10.4 Å². The molecular weight excluding hydrogens is 312 g/mol. The Morgan fingerprint density at radius 2 is 2.08 bits per heavy atom. The van der Waals surface area contributed by atoms with Crippen molar-refractivity contribution in [3.05, 3.63) is 81.9 Å². The molecule has 3 rings (SSSR count). The zero-order chi connectivity index (χ0) is 16.9. The Balaban J connectivity index is 1.61. The van der Waals surface area contributed by atoms with Gasteiger partial charge in [-0.05, 0) is 23.3 Å². The van der Waals surface area contributed by atoms with Crippen molar-refractivity contribution in [2.24, 2.45) is 0 Å². The summed E-state index contributed by atoms with van der Waals surface area (Å²) in [5, 5.41) is 17.4. The first kappa shape index (κ1) is 15.5. The average Bonchev–Trinajstić information content (AvgIpc) is 3.24. The van der Waals surface area contributed by atoms with E-state index in [-0.39, 0.29) is 5.76 Å². The van der Waals surface area contributed by atoms with E-state index in [9.17, 15) is 14.9 Å². The number of benzene rings is 1. The maximum Gasteiger partial charge on any atom is 0.433 e. The Morgan fingerprint density at radius 1 is 1.25 bits per heavy atom. The first-order chi connectivity index (χ1) is 11.6. The Morgan fingerprint density at radius 3 is 2.79 bits per heavy atom. The van der Waals surface area contributed by atoms with Gasteiger partial charge >= 0.3 is 5.88 Å². The summed E-state index contributed by atoms with van der Waals surface area (Å²) in [5.74, 6) is -1.05. The van der Waals surface area contributed by atoms with Crippen LogP contribution in [0.4, 0.5) is 5.88 Å². The number of nitrogens with one attached hydrogen (secondary N) is 1. The second-order valence-electron chi connectivity index (χ2n) is 5.10. The fraction of sp³-hybridized carbons (Fsp3) is 0.125. The summed E-state index contributed by atoms with van der Waals surface area (Å²) in [6, 6.07) is 12.0. The van der Waals surface area contributed by atoms with E-state index in [1.165, 1.54) is 6.07 Å². The highest BCUT2D eigenvalue weighted by molar-refractivity contribution is 5.91. The quantitative estimate of drug-likeness (QED) is 0.553. The lowest BCUT2D eigenvalue weighted by Crippen LogP contribution is -2.22. The van der Waals surface area contributed by atoms with Gasteiger partial charge in [0.15, 0.2) is 5.76 Å². The molecule has 0 aliphatic rings. The zero-order valence-corrected chi connectivity index (χ0v) is 12.6. The minimum Gasteiger partial charge on any atom is -0.395 e. The second-order valence-corrected chi connectivity index (χ2v) is 5.10. The molecule has 122 valence electrons. The van der Waals surface area contributed by atoms with Crippen molar-refractivity contribution in [3.8, 4) is 0 Å². The summed E-state index contributed by atoms with van der Waals surface area (Å²) in [4.78, 5) is 21.8. The minimum atomic E-state index is -0.685. The predicted octanol–water partition coefficient (Wildman–Crippen LogP) is 2.36. The largest absolute Gasteiger partial charge is 0.433 e. The Bertz CT molecular complexity index is 855. The third-order valence-corrected chi connectivity index (χ3v) is 3.34. The molecular formula is C16H14N4O4. The van der Waals surface area contributed by atoms with E-state index in [0.29, 0.717) is 13.1 Å². The standard InChI is InChI=1S/C16H14N4O4/c21-16(14-5-6-15(24-14)20(22)23)17-10-12-3-1-4-13(9-12)11-19-8-2-7-18-19/h1-9H,10-11H2,(H,17,21). The van der Waals surface area contributed by atoms with E-state index < -0.39 is 16.7 Å². The lowest BCUT2D eigenvalue weighted by Gasteiger charge is -2.07. The predicted molar refractivity (Wildman–Crippen MR) is 84.3 cm³/mol. The van der Waals surface area contributed by atoms with Crippen molar-refractivity contribution in [2.75, 3.05) is 0 Å². The van der Waals surface area contributed by atoms with Gasteiger partial charge in [-0.1, -0.05) is 24.3 Å². The van der Waals surface area contributed by atoms with Crippen LogP contribution in [0.5, 0.6) is 0 Å². The van der Waals surface area contributed by atoms with Crippen LogP contribution in [0.15, 0.2) is 59.3 Å². The number of carbonyl (C=O) groups is 1. The molecule has 24 heavy (non-hydrogen) atoms.